The van der Waals surface area contributed by atoms with Crippen LogP contribution in [0, 0.1) is 56.7 Å². The fourth-order valence-electron chi connectivity index (χ4n) is 13.1. The van der Waals surface area contributed by atoms with Crippen molar-refractivity contribution in [3.8, 4) is 0 Å². The van der Waals surface area contributed by atoms with Gasteiger partial charge in [0.2, 0.25) is 0 Å². The van der Waals surface area contributed by atoms with Gasteiger partial charge in [-0.3, -0.25) is 9.59 Å². The molecule has 5 saturated carbocycles. The first-order valence-electron chi connectivity index (χ1n) is 17.8. The highest BCUT2D eigenvalue weighted by atomic mass is 16.5. The summed E-state index contributed by atoms with van der Waals surface area (Å²) in [5.41, 5.74) is 2.15. The number of hydrogen-bond acceptors (Lipinski definition) is 5. The van der Waals surface area contributed by atoms with E-state index in [1.807, 2.05) is 0 Å². The lowest BCUT2D eigenvalue weighted by atomic mass is 9.32. The van der Waals surface area contributed by atoms with Gasteiger partial charge in [0.05, 0.1) is 25.7 Å². The van der Waals surface area contributed by atoms with Crippen molar-refractivity contribution in [2.24, 2.45) is 56.7 Å². The highest BCUT2D eigenvalue weighted by molar-refractivity contribution is 5.78. The Morgan fingerprint density at radius 2 is 1.60 bits per heavy atom. The van der Waals surface area contributed by atoms with Gasteiger partial charge in [0.25, 0.3) is 0 Å². The number of ether oxygens (including phenoxy) is 3. The lowest BCUT2D eigenvalue weighted by Crippen LogP contribution is -2.69. The van der Waals surface area contributed by atoms with Crippen molar-refractivity contribution < 1.29 is 23.8 Å². The smallest absolute Gasteiger partial charge is 0.312 e. The zero-order chi connectivity index (χ0) is 32.4. The van der Waals surface area contributed by atoms with E-state index in [2.05, 4.69) is 71.5 Å². The number of rotatable bonds is 7. The van der Waals surface area contributed by atoms with E-state index in [0.717, 1.165) is 64.4 Å². The molecule has 0 aromatic heterocycles. The van der Waals surface area contributed by atoms with Crippen molar-refractivity contribution >= 4 is 11.9 Å². The third-order valence-corrected chi connectivity index (χ3v) is 15.0. The van der Waals surface area contributed by atoms with Gasteiger partial charge in [-0.25, -0.2) is 0 Å². The summed E-state index contributed by atoms with van der Waals surface area (Å²) >= 11 is 0. The fraction of sp³-hybridized carbons (Fsp3) is 0.750. The van der Waals surface area contributed by atoms with Crippen LogP contribution in [-0.4, -0.2) is 31.8 Å². The largest absolute Gasteiger partial charge is 0.469 e. The average Bonchev–Trinajstić information content (AvgIpc) is 3.40. The van der Waals surface area contributed by atoms with Crippen LogP contribution in [-0.2, 0) is 30.4 Å². The Balaban J connectivity index is 1.41. The maximum Gasteiger partial charge on any atom is 0.312 e. The summed E-state index contributed by atoms with van der Waals surface area (Å²) in [4.78, 5) is 25.9. The van der Waals surface area contributed by atoms with Crippen LogP contribution in [0.5, 0.6) is 0 Å². The second-order valence-corrected chi connectivity index (χ2v) is 17.0. The van der Waals surface area contributed by atoms with Gasteiger partial charge < -0.3 is 14.2 Å². The lowest BCUT2D eigenvalue weighted by Gasteiger charge is -2.73. The molecule has 0 radical (unpaired) electrons. The first-order chi connectivity index (χ1) is 21.3. The summed E-state index contributed by atoms with van der Waals surface area (Å²) in [5.74, 6) is 1.86. The van der Waals surface area contributed by atoms with E-state index in [1.165, 1.54) is 17.6 Å². The third-order valence-electron chi connectivity index (χ3n) is 15.0. The minimum absolute atomic E-state index is 0.00328. The zero-order valence-corrected chi connectivity index (χ0v) is 29.1. The number of methoxy groups -OCH3 is 1. The summed E-state index contributed by atoms with van der Waals surface area (Å²) < 4.78 is 18.5. The second kappa shape index (κ2) is 11.5. The van der Waals surface area contributed by atoms with E-state index in [1.54, 1.807) is 14.0 Å². The molecule has 5 heteroatoms. The molecule has 0 saturated heterocycles. The predicted molar refractivity (Wildman–Crippen MR) is 177 cm³/mol. The number of carbonyl (C=O) groups is 2. The summed E-state index contributed by atoms with van der Waals surface area (Å²) in [6.07, 6.45) is 10.4. The molecule has 10 atom stereocenters. The summed E-state index contributed by atoms with van der Waals surface area (Å²) in [7, 11) is 1.58. The van der Waals surface area contributed by atoms with Crippen molar-refractivity contribution in [2.75, 3.05) is 13.7 Å². The zero-order valence-electron chi connectivity index (χ0n) is 29.1. The van der Waals surface area contributed by atoms with Crippen LogP contribution in [0.2, 0.25) is 0 Å². The van der Waals surface area contributed by atoms with Gasteiger partial charge in [0.15, 0.2) is 0 Å². The van der Waals surface area contributed by atoms with Crippen LogP contribution >= 0.6 is 0 Å². The van der Waals surface area contributed by atoms with Crippen molar-refractivity contribution in [1.82, 2.24) is 0 Å². The molecule has 0 aliphatic heterocycles. The monoisotopic (exact) mass is 618 g/mol. The van der Waals surface area contributed by atoms with Gasteiger partial charge in [-0.1, -0.05) is 70.2 Å². The molecular weight excluding hydrogens is 560 g/mol. The molecule has 5 aliphatic rings. The molecule has 45 heavy (non-hydrogen) atoms. The summed E-state index contributed by atoms with van der Waals surface area (Å²) in [6, 6.07) is 10.6. The topological polar surface area (TPSA) is 61.8 Å². The average molecular weight is 619 g/mol. The molecule has 0 amide bonds. The molecule has 0 unspecified atom stereocenters. The van der Waals surface area contributed by atoms with Crippen LogP contribution in [0.15, 0.2) is 42.5 Å². The van der Waals surface area contributed by atoms with Crippen LogP contribution in [0.3, 0.4) is 0 Å². The van der Waals surface area contributed by atoms with Gasteiger partial charge in [-0.15, -0.1) is 0 Å². The van der Waals surface area contributed by atoms with E-state index >= 15 is 0 Å². The van der Waals surface area contributed by atoms with Crippen LogP contribution in [0.25, 0.3) is 0 Å². The maximum absolute atomic E-state index is 13.8. The minimum atomic E-state index is -0.416. The number of carbonyl (C=O) groups excluding carboxylic acids is 2. The Bertz CT molecular complexity index is 1300. The molecule has 6 rings (SSSR count). The summed E-state index contributed by atoms with van der Waals surface area (Å²) in [5, 5.41) is 0. The molecule has 1 aromatic rings. The highest BCUT2D eigenvalue weighted by Gasteiger charge is 2.73. The minimum Gasteiger partial charge on any atom is -0.469 e. The molecule has 0 N–H and O–H groups in total. The predicted octanol–water partition coefficient (Wildman–Crippen LogP) is 8.95. The number of hydrogen-bond donors (Lipinski definition) is 0. The number of fused-ring (bicyclic) bond motifs is 7. The van der Waals surface area contributed by atoms with E-state index < -0.39 is 5.41 Å². The highest BCUT2D eigenvalue weighted by Crippen LogP contribution is 2.78. The van der Waals surface area contributed by atoms with E-state index in [9.17, 15) is 9.59 Å². The molecule has 0 spiro atoms. The molecule has 5 fully saturated rings. The first kappa shape index (κ1) is 32.8. The fourth-order valence-corrected chi connectivity index (χ4v) is 13.1. The third kappa shape index (κ3) is 4.79. The van der Waals surface area contributed by atoms with Crippen molar-refractivity contribution in [2.45, 2.75) is 118 Å². The Labute approximate surface area is 272 Å². The Kier molecular flexibility index (Phi) is 8.40. The Morgan fingerprint density at radius 1 is 0.867 bits per heavy atom. The molecule has 5 aliphatic carbocycles. The van der Waals surface area contributed by atoms with Crippen molar-refractivity contribution in [3.63, 3.8) is 0 Å². The number of esters is 2. The van der Waals surface area contributed by atoms with Crippen molar-refractivity contribution in [1.29, 1.82) is 0 Å². The Hall–Kier alpha value is -2.14. The second-order valence-electron chi connectivity index (χ2n) is 17.0. The first-order valence-corrected chi connectivity index (χ1v) is 17.8. The lowest BCUT2D eigenvalue weighted by molar-refractivity contribution is -0.267. The normalized spacial score (nSPS) is 43.2. The van der Waals surface area contributed by atoms with E-state index in [4.69, 9.17) is 14.2 Å². The molecule has 5 nitrogen and oxygen atoms in total. The quantitative estimate of drug-likeness (QED) is 0.226. The van der Waals surface area contributed by atoms with E-state index in [-0.39, 0.29) is 45.6 Å². The summed E-state index contributed by atoms with van der Waals surface area (Å²) in [6.45, 7) is 19.5. The van der Waals surface area contributed by atoms with Crippen molar-refractivity contribution in [3.05, 3.63) is 48.0 Å². The molecule has 0 heterocycles. The van der Waals surface area contributed by atoms with E-state index in [0.29, 0.717) is 30.3 Å². The van der Waals surface area contributed by atoms with Crippen LogP contribution in [0.1, 0.15) is 111 Å². The standard InChI is InChI=1S/C40H58O5/c1-26(2)29-16-21-39(35(42)43-8)22-23-40(25-44-24-28-12-10-9-11-13-28)30(34(29)39)14-15-32-37(6)19-18-33(45-27(3)41)36(4,5)31(37)17-20-38(32,40)7/h9-13,29-34H,1,14-25H2,2-8H3/t29-,30+,31-,32+,33-,34+,37-,38+,39-,40-/m0/s1. The van der Waals surface area contributed by atoms with Gasteiger partial charge in [0.1, 0.15) is 6.10 Å². The molecule has 0 bridgehead atoms. The van der Waals surface area contributed by atoms with Gasteiger partial charge >= 0.3 is 11.9 Å². The van der Waals surface area contributed by atoms with Gasteiger partial charge in [0, 0.05) is 17.8 Å². The molecular formula is C40H58O5. The molecule has 1 aromatic carbocycles. The molecule has 248 valence electrons. The van der Waals surface area contributed by atoms with Crippen LogP contribution in [0.4, 0.5) is 0 Å². The van der Waals surface area contributed by atoms with Gasteiger partial charge in [-0.2, -0.15) is 0 Å². The van der Waals surface area contributed by atoms with Crippen LogP contribution < -0.4 is 0 Å². The SMILES string of the molecule is C=C(C)[C@@H]1CC[C@]2(C(=O)OC)CC[C@]3(COCc4ccccc4)[C@H](CC[C@@H]4[C@@]5(C)CC[C@H](OC(C)=O)C(C)(C)[C@@H]5CC[C@]43C)[C@@H]12. The number of benzene rings is 1. The Morgan fingerprint density at radius 3 is 2.27 bits per heavy atom. The van der Waals surface area contributed by atoms with Gasteiger partial charge in [-0.05, 0) is 117 Å². The number of allylic oxidation sites excluding steroid dienone is 1. The maximum atomic E-state index is 13.8.